The van der Waals surface area contributed by atoms with Gasteiger partial charge in [-0.2, -0.15) is 24.5 Å². The van der Waals surface area contributed by atoms with E-state index in [1.165, 1.54) is 23.5 Å². The number of nitrogens with zero attached hydrogens (tertiary/aromatic N) is 1. The lowest BCUT2D eigenvalue weighted by molar-refractivity contribution is -0.137. The van der Waals surface area contributed by atoms with Gasteiger partial charge in [0.05, 0.1) is 11.6 Å². The van der Waals surface area contributed by atoms with Gasteiger partial charge in [-0.3, -0.25) is 4.90 Å². The van der Waals surface area contributed by atoms with Crippen LogP contribution < -0.4 is 5.32 Å². The van der Waals surface area contributed by atoms with E-state index < -0.39 is 11.7 Å². The van der Waals surface area contributed by atoms with Gasteiger partial charge in [0, 0.05) is 31.2 Å². The Bertz CT molecular complexity index is 656. The fraction of sp³-hybridized carbons (Fsp3) is 0.375. The molecule has 1 atom stereocenters. The molecule has 1 aliphatic rings. The first-order valence-corrected chi connectivity index (χ1v) is 8.62. The van der Waals surface area contributed by atoms with Gasteiger partial charge in [-0.05, 0) is 46.2 Å². The molecule has 2 heterocycles. The van der Waals surface area contributed by atoms with E-state index in [0.717, 1.165) is 37.8 Å². The molecule has 8 heteroatoms. The Morgan fingerprint density at radius 3 is 2.46 bits per heavy atom. The minimum atomic E-state index is -4.37. The number of piperazine rings is 1. The summed E-state index contributed by atoms with van der Waals surface area (Å²) >= 11 is 7.81. The molecule has 0 radical (unpaired) electrons. The summed E-state index contributed by atoms with van der Waals surface area (Å²) in [7, 11) is 0. The third-order valence-electron chi connectivity index (χ3n) is 3.99. The quantitative estimate of drug-likeness (QED) is 0.798. The second kappa shape index (κ2) is 8.06. The van der Waals surface area contributed by atoms with E-state index in [9.17, 15) is 13.2 Å². The standard InChI is InChI=1S/C16H16ClF3N2S.ClH/c17-14-2-1-12(16(18,19)20)9-13(14)15(11-3-8-23-10-11)22-6-4-21-5-7-22;/h1-3,8-10,15,21H,4-7H2;1H/t15-;/m0./s1. The summed E-state index contributed by atoms with van der Waals surface area (Å²) in [5.41, 5.74) is 0.840. The van der Waals surface area contributed by atoms with Crippen LogP contribution in [0.5, 0.6) is 0 Å². The summed E-state index contributed by atoms with van der Waals surface area (Å²) in [5, 5.41) is 7.54. The number of thiophene rings is 1. The molecule has 0 bridgehead atoms. The number of hydrogen-bond donors (Lipinski definition) is 1. The van der Waals surface area contributed by atoms with Gasteiger partial charge >= 0.3 is 6.18 Å². The minimum Gasteiger partial charge on any atom is -0.314 e. The van der Waals surface area contributed by atoms with Crippen LogP contribution in [0.3, 0.4) is 0 Å². The monoisotopic (exact) mass is 396 g/mol. The first-order chi connectivity index (χ1) is 11.0. The summed E-state index contributed by atoms with van der Waals surface area (Å²) in [6, 6.07) is 5.27. The predicted octanol–water partition coefficient (Wildman–Crippen LogP) is 4.84. The van der Waals surface area contributed by atoms with E-state index in [2.05, 4.69) is 10.2 Å². The van der Waals surface area contributed by atoms with Crippen molar-refractivity contribution in [3.05, 3.63) is 56.7 Å². The average Bonchev–Trinajstić information content (AvgIpc) is 3.03. The number of halogens is 5. The predicted molar refractivity (Wildman–Crippen MR) is 94.3 cm³/mol. The highest BCUT2D eigenvalue weighted by atomic mass is 35.5. The summed E-state index contributed by atoms with van der Waals surface area (Å²) in [6.45, 7) is 3.18. The molecule has 2 nitrogen and oxygen atoms in total. The van der Waals surface area contributed by atoms with Gasteiger partial charge in [0.15, 0.2) is 0 Å². The van der Waals surface area contributed by atoms with Gasteiger partial charge in [0.2, 0.25) is 0 Å². The molecular weight excluding hydrogens is 380 g/mol. The average molecular weight is 397 g/mol. The lowest BCUT2D eigenvalue weighted by Crippen LogP contribution is -2.45. The molecule has 1 N–H and O–H groups in total. The van der Waals surface area contributed by atoms with Crippen molar-refractivity contribution in [2.45, 2.75) is 12.2 Å². The number of rotatable bonds is 3. The highest BCUT2D eigenvalue weighted by Crippen LogP contribution is 2.38. The number of benzene rings is 1. The van der Waals surface area contributed by atoms with Crippen molar-refractivity contribution in [2.75, 3.05) is 26.2 Å². The molecule has 1 aliphatic heterocycles. The fourth-order valence-corrected chi connectivity index (χ4v) is 3.79. The van der Waals surface area contributed by atoms with Gasteiger partial charge in [0.1, 0.15) is 0 Å². The van der Waals surface area contributed by atoms with Crippen molar-refractivity contribution in [2.24, 2.45) is 0 Å². The molecule has 1 saturated heterocycles. The zero-order valence-corrected chi connectivity index (χ0v) is 15.0. The SMILES string of the molecule is Cl.FC(F)(F)c1ccc(Cl)c([C@H](c2ccsc2)N2CCNCC2)c1. The molecular formula is C16H17Cl2F3N2S. The highest BCUT2D eigenvalue weighted by molar-refractivity contribution is 7.08. The van der Waals surface area contributed by atoms with E-state index >= 15 is 0 Å². The molecule has 0 spiro atoms. The molecule has 1 aromatic carbocycles. The van der Waals surface area contributed by atoms with Gasteiger partial charge in [-0.25, -0.2) is 0 Å². The second-order valence-electron chi connectivity index (χ2n) is 5.48. The zero-order chi connectivity index (χ0) is 16.4. The highest BCUT2D eigenvalue weighted by Gasteiger charge is 2.33. The van der Waals surface area contributed by atoms with E-state index in [1.54, 1.807) is 0 Å². The van der Waals surface area contributed by atoms with Crippen LogP contribution in [0.4, 0.5) is 13.2 Å². The number of alkyl halides is 3. The number of hydrogen-bond acceptors (Lipinski definition) is 3. The maximum atomic E-state index is 13.1. The zero-order valence-electron chi connectivity index (χ0n) is 12.6. The molecule has 0 unspecified atom stereocenters. The van der Waals surface area contributed by atoms with Crippen LogP contribution in [0.15, 0.2) is 35.0 Å². The molecule has 24 heavy (non-hydrogen) atoms. The molecule has 132 valence electrons. The lowest BCUT2D eigenvalue weighted by Gasteiger charge is -2.35. The summed E-state index contributed by atoms with van der Waals surface area (Å²) in [6.07, 6.45) is -4.37. The van der Waals surface area contributed by atoms with Gasteiger partial charge in [-0.15, -0.1) is 12.4 Å². The Balaban J connectivity index is 0.00000208. The largest absolute Gasteiger partial charge is 0.416 e. The van der Waals surface area contributed by atoms with Gasteiger partial charge in [-0.1, -0.05) is 11.6 Å². The van der Waals surface area contributed by atoms with Crippen molar-refractivity contribution >= 4 is 35.3 Å². The van der Waals surface area contributed by atoms with Crippen molar-refractivity contribution in [1.29, 1.82) is 0 Å². The first-order valence-electron chi connectivity index (χ1n) is 7.30. The molecule has 1 fully saturated rings. The normalized spacial score (nSPS) is 17.3. The molecule has 1 aromatic heterocycles. The van der Waals surface area contributed by atoms with Gasteiger partial charge in [0.25, 0.3) is 0 Å². The Morgan fingerprint density at radius 2 is 1.88 bits per heavy atom. The Morgan fingerprint density at radius 1 is 1.17 bits per heavy atom. The Hall–Kier alpha value is -0.790. The van der Waals surface area contributed by atoms with Crippen LogP contribution in [-0.4, -0.2) is 31.1 Å². The van der Waals surface area contributed by atoms with Gasteiger partial charge < -0.3 is 5.32 Å². The van der Waals surface area contributed by atoms with Crippen LogP contribution >= 0.6 is 35.3 Å². The van der Waals surface area contributed by atoms with Crippen molar-refractivity contribution in [3.8, 4) is 0 Å². The Kier molecular flexibility index (Phi) is 6.56. The minimum absolute atomic E-state index is 0. The van der Waals surface area contributed by atoms with Crippen LogP contribution in [0.25, 0.3) is 0 Å². The van der Waals surface area contributed by atoms with Crippen molar-refractivity contribution in [3.63, 3.8) is 0 Å². The van der Waals surface area contributed by atoms with Crippen LogP contribution in [0, 0.1) is 0 Å². The van der Waals surface area contributed by atoms with E-state index in [0.29, 0.717) is 10.6 Å². The summed E-state index contributed by atoms with van der Waals surface area (Å²) in [4.78, 5) is 2.18. The summed E-state index contributed by atoms with van der Waals surface area (Å²) in [5.74, 6) is 0. The van der Waals surface area contributed by atoms with Crippen LogP contribution in [0.2, 0.25) is 5.02 Å². The summed E-state index contributed by atoms with van der Waals surface area (Å²) < 4.78 is 39.2. The van der Waals surface area contributed by atoms with Crippen LogP contribution in [0.1, 0.15) is 22.7 Å². The van der Waals surface area contributed by atoms with Crippen molar-refractivity contribution in [1.82, 2.24) is 10.2 Å². The lowest BCUT2D eigenvalue weighted by atomic mass is 9.96. The molecule has 3 rings (SSSR count). The maximum absolute atomic E-state index is 13.1. The molecule has 2 aromatic rings. The smallest absolute Gasteiger partial charge is 0.314 e. The third-order valence-corrected chi connectivity index (χ3v) is 5.04. The molecule has 0 aliphatic carbocycles. The third kappa shape index (κ3) is 4.24. The first kappa shape index (κ1) is 19.5. The van der Waals surface area contributed by atoms with E-state index in [1.807, 2.05) is 16.8 Å². The number of nitrogens with one attached hydrogen (secondary N) is 1. The second-order valence-corrected chi connectivity index (χ2v) is 6.67. The molecule has 0 amide bonds. The van der Waals surface area contributed by atoms with E-state index in [4.69, 9.17) is 11.6 Å². The topological polar surface area (TPSA) is 15.3 Å². The Labute approximate surface area is 154 Å². The van der Waals surface area contributed by atoms with E-state index in [-0.39, 0.29) is 18.4 Å². The fourth-order valence-electron chi connectivity index (χ4n) is 2.89. The van der Waals surface area contributed by atoms with Crippen molar-refractivity contribution < 1.29 is 13.2 Å². The maximum Gasteiger partial charge on any atom is 0.416 e. The van der Waals surface area contributed by atoms with Crippen LogP contribution in [-0.2, 0) is 6.18 Å². The molecule has 0 saturated carbocycles.